The van der Waals surface area contributed by atoms with Crippen LogP contribution in [0.2, 0.25) is 0 Å². The van der Waals surface area contributed by atoms with E-state index in [0.29, 0.717) is 17.9 Å². The van der Waals surface area contributed by atoms with Crippen molar-refractivity contribution in [3.05, 3.63) is 38.6 Å². The number of fused-ring (bicyclic) bond motifs is 1. The van der Waals surface area contributed by atoms with Crippen LogP contribution in [-0.2, 0) is 0 Å². The summed E-state index contributed by atoms with van der Waals surface area (Å²) in [5.41, 5.74) is 0. The molecule has 2 aromatic rings. The number of thiophene rings is 1. The molecule has 25 heavy (non-hydrogen) atoms. The lowest BCUT2D eigenvalue weighted by molar-refractivity contribution is 0.0784. The van der Waals surface area contributed by atoms with Crippen LogP contribution in [0, 0.1) is 18.8 Å². The molecule has 0 aromatic carbocycles. The molecular formula is C18H21BrN4OS. The molecule has 3 heterocycles. The predicted molar refractivity (Wildman–Crippen MR) is 103 cm³/mol. The highest BCUT2D eigenvalue weighted by atomic mass is 79.9. The highest BCUT2D eigenvalue weighted by molar-refractivity contribution is 9.10. The number of carbonyl (C=O) groups is 1. The number of rotatable bonds is 3. The third-order valence-corrected chi connectivity index (χ3v) is 6.95. The first-order chi connectivity index (χ1) is 12.0. The van der Waals surface area contributed by atoms with Gasteiger partial charge in [0.05, 0.1) is 4.88 Å². The first-order valence-electron chi connectivity index (χ1n) is 8.60. The summed E-state index contributed by atoms with van der Waals surface area (Å²) in [5, 5.41) is 8.40. The summed E-state index contributed by atoms with van der Waals surface area (Å²) in [6.07, 6.45) is 2.33. The number of nitrogens with zero attached hydrogens (tertiary/aromatic N) is 4. The first-order valence-corrected chi connectivity index (χ1v) is 10.2. The Morgan fingerprint density at radius 1 is 1.24 bits per heavy atom. The normalized spacial score (nSPS) is 25.2. The maximum absolute atomic E-state index is 12.8. The van der Waals surface area contributed by atoms with Gasteiger partial charge in [-0.1, -0.05) is 0 Å². The average Bonchev–Trinajstić information content (AvgIpc) is 3.29. The quantitative estimate of drug-likeness (QED) is 0.760. The second kappa shape index (κ2) is 6.68. The fourth-order valence-electron chi connectivity index (χ4n) is 4.26. The Labute approximate surface area is 160 Å². The molecule has 1 saturated carbocycles. The van der Waals surface area contributed by atoms with Crippen molar-refractivity contribution in [1.29, 1.82) is 0 Å². The lowest BCUT2D eigenvalue weighted by Crippen LogP contribution is -2.39. The Morgan fingerprint density at radius 3 is 2.76 bits per heavy atom. The van der Waals surface area contributed by atoms with Crippen molar-refractivity contribution in [3.8, 4) is 0 Å². The van der Waals surface area contributed by atoms with Gasteiger partial charge in [-0.15, -0.1) is 21.5 Å². The molecule has 1 amide bonds. The number of amides is 1. The van der Waals surface area contributed by atoms with Gasteiger partial charge in [0, 0.05) is 37.0 Å². The monoisotopic (exact) mass is 420 g/mol. The second-order valence-corrected chi connectivity index (χ2v) is 9.11. The van der Waals surface area contributed by atoms with E-state index >= 15 is 0 Å². The van der Waals surface area contributed by atoms with Crippen LogP contribution in [0.15, 0.2) is 28.9 Å². The van der Waals surface area contributed by atoms with Gasteiger partial charge in [0.1, 0.15) is 4.60 Å². The van der Waals surface area contributed by atoms with E-state index in [1.54, 1.807) is 11.3 Å². The number of halogens is 1. The van der Waals surface area contributed by atoms with Gasteiger partial charge < -0.3 is 9.80 Å². The molecule has 1 aliphatic carbocycles. The fraction of sp³-hybridized carbons (Fsp3) is 0.500. The Kier molecular flexibility index (Phi) is 4.54. The summed E-state index contributed by atoms with van der Waals surface area (Å²) < 4.78 is 0.748. The lowest BCUT2D eigenvalue weighted by Gasteiger charge is -2.30. The van der Waals surface area contributed by atoms with Crippen molar-refractivity contribution in [2.45, 2.75) is 25.8 Å². The summed E-state index contributed by atoms with van der Waals surface area (Å²) in [6.45, 7) is 3.78. The van der Waals surface area contributed by atoms with E-state index < -0.39 is 0 Å². The minimum atomic E-state index is 0.192. The molecule has 4 rings (SSSR count). The number of aryl methyl sites for hydroxylation is 1. The zero-order chi connectivity index (χ0) is 17.6. The molecule has 0 N–H and O–H groups in total. The molecule has 0 spiro atoms. The van der Waals surface area contributed by atoms with Crippen LogP contribution in [0.25, 0.3) is 0 Å². The molecule has 132 valence electrons. The maximum atomic E-state index is 12.8. The molecule has 1 aliphatic heterocycles. The van der Waals surface area contributed by atoms with Crippen LogP contribution < -0.4 is 4.90 Å². The lowest BCUT2D eigenvalue weighted by atomic mass is 9.97. The third kappa shape index (κ3) is 3.19. The van der Waals surface area contributed by atoms with Gasteiger partial charge in [-0.25, -0.2) is 0 Å². The van der Waals surface area contributed by atoms with E-state index in [-0.39, 0.29) is 5.91 Å². The minimum Gasteiger partial charge on any atom is -0.355 e. The first kappa shape index (κ1) is 17.0. The number of hydrogen-bond acceptors (Lipinski definition) is 5. The van der Waals surface area contributed by atoms with Gasteiger partial charge in [0.15, 0.2) is 5.82 Å². The van der Waals surface area contributed by atoms with Crippen LogP contribution in [0.3, 0.4) is 0 Å². The topological polar surface area (TPSA) is 49.3 Å². The zero-order valence-corrected chi connectivity index (χ0v) is 16.8. The summed E-state index contributed by atoms with van der Waals surface area (Å²) >= 11 is 4.93. The van der Waals surface area contributed by atoms with E-state index in [4.69, 9.17) is 0 Å². The van der Waals surface area contributed by atoms with Crippen molar-refractivity contribution in [3.63, 3.8) is 0 Å². The summed E-state index contributed by atoms with van der Waals surface area (Å²) in [6, 6.07) is 8.32. The standard InChI is InChI=1S/C18H21BrN4OS/c1-11-3-6-15(25-11)18(24)23-9-12-4-5-14(13(12)10-23)22(2)17-8-7-16(19)20-21-17/h3,6-8,12-14H,4-5,9-10H2,1-2H3/t12-,13+,14+/m1/s1. The van der Waals surface area contributed by atoms with Crippen LogP contribution in [0.1, 0.15) is 27.4 Å². The van der Waals surface area contributed by atoms with E-state index in [2.05, 4.69) is 38.1 Å². The molecule has 2 aliphatic rings. The van der Waals surface area contributed by atoms with Crippen molar-refractivity contribution < 1.29 is 4.79 Å². The van der Waals surface area contributed by atoms with Gasteiger partial charge in [-0.3, -0.25) is 4.79 Å². The fourth-order valence-corrected chi connectivity index (χ4v) is 5.30. The molecule has 2 aromatic heterocycles. The number of anilines is 1. The Hall–Kier alpha value is -1.47. The van der Waals surface area contributed by atoms with Crippen molar-refractivity contribution in [2.75, 3.05) is 25.0 Å². The molecule has 3 atom stereocenters. The SMILES string of the molecule is Cc1ccc(C(=O)N2C[C@H]3CC[C@H](N(C)c4ccc(Br)nn4)[C@H]3C2)s1. The van der Waals surface area contributed by atoms with E-state index in [0.717, 1.165) is 34.8 Å². The van der Waals surface area contributed by atoms with Crippen molar-refractivity contribution in [2.24, 2.45) is 11.8 Å². The van der Waals surface area contributed by atoms with Crippen LogP contribution in [0.5, 0.6) is 0 Å². The molecular weight excluding hydrogens is 400 g/mol. The summed E-state index contributed by atoms with van der Waals surface area (Å²) in [4.78, 5) is 19.1. The van der Waals surface area contributed by atoms with Crippen molar-refractivity contribution >= 4 is 39.0 Å². The second-order valence-electron chi connectivity index (χ2n) is 7.01. The number of likely N-dealkylation sites (tertiary alicyclic amines) is 1. The summed E-state index contributed by atoms with van der Waals surface area (Å²) in [5.74, 6) is 2.20. The minimum absolute atomic E-state index is 0.192. The van der Waals surface area contributed by atoms with Gasteiger partial charge in [0.2, 0.25) is 0 Å². The largest absolute Gasteiger partial charge is 0.355 e. The Morgan fingerprint density at radius 2 is 2.08 bits per heavy atom. The molecule has 5 nitrogen and oxygen atoms in total. The molecule has 7 heteroatoms. The van der Waals surface area contributed by atoms with Crippen LogP contribution in [-0.4, -0.2) is 47.2 Å². The van der Waals surface area contributed by atoms with E-state index in [9.17, 15) is 4.79 Å². The summed E-state index contributed by atoms with van der Waals surface area (Å²) in [7, 11) is 2.10. The number of aromatic nitrogens is 2. The van der Waals surface area contributed by atoms with E-state index in [1.165, 1.54) is 11.3 Å². The highest BCUT2D eigenvalue weighted by Gasteiger charge is 2.45. The zero-order valence-electron chi connectivity index (χ0n) is 14.4. The van der Waals surface area contributed by atoms with Gasteiger partial charge in [-0.05, 0) is 65.9 Å². The Bertz CT molecular complexity index is 778. The predicted octanol–water partition coefficient (Wildman–Crippen LogP) is 3.60. The molecule has 2 fully saturated rings. The highest BCUT2D eigenvalue weighted by Crippen LogP contribution is 2.41. The van der Waals surface area contributed by atoms with Gasteiger partial charge in [0.25, 0.3) is 5.91 Å². The van der Waals surface area contributed by atoms with Gasteiger partial charge in [-0.2, -0.15) is 0 Å². The van der Waals surface area contributed by atoms with E-state index in [1.807, 2.05) is 36.1 Å². The molecule has 0 bridgehead atoms. The average molecular weight is 421 g/mol. The van der Waals surface area contributed by atoms with Crippen LogP contribution in [0.4, 0.5) is 5.82 Å². The Balaban J connectivity index is 1.47. The molecule has 0 radical (unpaired) electrons. The molecule has 0 unspecified atom stereocenters. The maximum Gasteiger partial charge on any atom is 0.263 e. The van der Waals surface area contributed by atoms with Gasteiger partial charge >= 0.3 is 0 Å². The molecule has 1 saturated heterocycles. The third-order valence-electron chi connectivity index (χ3n) is 5.53. The van der Waals surface area contributed by atoms with Crippen LogP contribution >= 0.6 is 27.3 Å². The smallest absolute Gasteiger partial charge is 0.263 e. The number of carbonyl (C=O) groups excluding carboxylic acids is 1. The number of hydrogen-bond donors (Lipinski definition) is 0. The van der Waals surface area contributed by atoms with Crippen molar-refractivity contribution in [1.82, 2.24) is 15.1 Å².